The van der Waals surface area contributed by atoms with Gasteiger partial charge in [-0.05, 0) is 58.5 Å². The molecule has 0 bridgehead atoms. The Morgan fingerprint density at radius 3 is 2.92 bits per heavy atom. The summed E-state index contributed by atoms with van der Waals surface area (Å²) in [6, 6.07) is 9.10. The van der Waals surface area contributed by atoms with Gasteiger partial charge in [0.25, 0.3) is 0 Å². The Morgan fingerprint density at radius 1 is 1.17 bits per heavy atom. The molecule has 0 saturated carbocycles. The van der Waals surface area contributed by atoms with Crippen LogP contribution in [0.25, 0.3) is 11.0 Å². The van der Waals surface area contributed by atoms with Crippen molar-refractivity contribution >= 4 is 16.7 Å². The van der Waals surface area contributed by atoms with Crippen LogP contribution in [0.5, 0.6) is 11.5 Å². The minimum Gasteiger partial charge on any atom is -0.504 e. The number of fused-ring (bicyclic) bond motifs is 2. The van der Waals surface area contributed by atoms with Gasteiger partial charge in [0.1, 0.15) is 17.6 Å². The van der Waals surface area contributed by atoms with Crippen LogP contribution in [0.3, 0.4) is 0 Å². The third-order valence-electron chi connectivity index (χ3n) is 4.07. The van der Waals surface area contributed by atoms with Crippen molar-refractivity contribution in [3.8, 4) is 11.5 Å². The molecule has 1 aliphatic carbocycles. The van der Waals surface area contributed by atoms with Crippen molar-refractivity contribution in [1.29, 1.82) is 0 Å². The number of hydrogen-bond donors (Lipinski definition) is 1. The van der Waals surface area contributed by atoms with Crippen LogP contribution in [-0.2, 0) is 17.9 Å². The van der Waals surface area contributed by atoms with Crippen LogP contribution in [0.2, 0.25) is 0 Å². The average molecular weight is 325 g/mol. The van der Waals surface area contributed by atoms with Crippen LogP contribution >= 0.6 is 0 Å². The van der Waals surface area contributed by atoms with E-state index in [2.05, 4.69) is 20.1 Å². The topological polar surface area (TPSA) is 90.0 Å². The molecule has 24 heavy (non-hydrogen) atoms. The zero-order chi connectivity index (χ0) is 16.5. The average Bonchev–Trinajstić information content (AvgIpc) is 3.20. The number of aryl methyl sites for hydroxylation is 1. The maximum absolute atomic E-state index is 9.93. The Balaban J connectivity index is 1.50. The fourth-order valence-electron chi connectivity index (χ4n) is 2.83. The summed E-state index contributed by atoms with van der Waals surface area (Å²) in [5.41, 5.74) is 5.16. The molecule has 0 spiro atoms. The largest absolute Gasteiger partial charge is 0.504 e. The van der Waals surface area contributed by atoms with E-state index in [1.165, 1.54) is 7.11 Å². The number of nitrogens with zero attached hydrogens (tertiary/aromatic N) is 3. The highest BCUT2D eigenvalue weighted by Gasteiger charge is 2.21. The van der Waals surface area contributed by atoms with Crippen molar-refractivity contribution in [3.05, 3.63) is 47.0 Å². The second kappa shape index (κ2) is 5.84. The molecule has 2 aromatic carbocycles. The quantitative estimate of drug-likeness (QED) is 0.742. The Labute approximate surface area is 137 Å². The Bertz CT molecular complexity index is 933. The van der Waals surface area contributed by atoms with E-state index < -0.39 is 0 Å². The standard InChI is InChI=1S/C17H15N3O4/c1-22-17-7-11-3-5-13(12(11)8-16(17)21)18-23-9-10-2-4-14-15(6-10)20-24-19-14/h2,4,6-8,21H,3,5,9H2,1H3/b18-13-. The summed E-state index contributed by atoms with van der Waals surface area (Å²) in [5, 5.41) is 21.7. The first-order valence-electron chi connectivity index (χ1n) is 7.55. The number of rotatable bonds is 4. The maximum atomic E-state index is 9.93. The number of methoxy groups -OCH3 is 1. The lowest BCUT2D eigenvalue weighted by atomic mass is 10.1. The minimum atomic E-state index is 0.106. The normalized spacial score (nSPS) is 15.0. The zero-order valence-corrected chi connectivity index (χ0v) is 13.0. The molecule has 7 nitrogen and oxygen atoms in total. The molecule has 1 heterocycles. The maximum Gasteiger partial charge on any atom is 0.160 e. The zero-order valence-electron chi connectivity index (χ0n) is 13.0. The number of ether oxygens (including phenoxy) is 1. The molecule has 1 aliphatic rings. The lowest BCUT2D eigenvalue weighted by Crippen LogP contribution is -1.97. The summed E-state index contributed by atoms with van der Waals surface area (Å²) < 4.78 is 9.81. The van der Waals surface area contributed by atoms with E-state index >= 15 is 0 Å². The first-order valence-corrected chi connectivity index (χ1v) is 7.55. The van der Waals surface area contributed by atoms with Crippen LogP contribution < -0.4 is 4.74 Å². The molecule has 3 aromatic rings. The number of aromatic nitrogens is 2. The van der Waals surface area contributed by atoms with Gasteiger partial charge in [0.05, 0.1) is 12.8 Å². The molecule has 1 aromatic heterocycles. The molecule has 0 saturated heterocycles. The molecule has 0 aliphatic heterocycles. The summed E-state index contributed by atoms with van der Waals surface area (Å²) in [6.45, 7) is 0.323. The second-order valence-corrected chi connectivity index (χ2v) is 5.58. The van der Waals surface area contributed by atoms with Gasteiger partial charge in [-0.2, -0.15) is 0 Å². The van der Waals surface area contributed by atoms with Crippen LogP contribution in [0.1, 0.15) is 23.1 Å². The summed E-state index contributed by atoms with van der Waals surface area (Å²) in [4.78, 5) is 5.48. The summed E-state index contributed by atoms with van der Waals surface area (Å²) in [7, 11) is 1.54. The number of oxime groups is 1. The number of aromatic hydroxyl groups is 1. The van der Waals surface area contributed by atoms with Gasteiger partial charge in [-0.15, -0.1) is 0 Å². The van der Waals surface area contributed by atoms with Gasteiger partial charge in [0.15, 0.2) is 11.5 Å². The highest BCUT2D eigenvalue weighted by atomic mass is 16.6. The van der Waals surface area contributed by atoms with E-state index in [1.807, 2.05) is 24.3 Å². The number of phenolic OH excluding ortho intramolecular Hbond substituents is 1. The van der Waals surface area contributed by atoms with E-state index in [0.717, 1.165) is 35.2 Å². The minimum absolute atomic E-state index is 0.106. The van der Waals surface area contributed by atoms with Gasteiger partial charge >= 0.3 is 0 Å². The van der Waals surface area contributed by atoms with Crippen molar-refractivity contribution in [3.63, 3.8) is 0 Å². The Kier molecular flexibility index (Phi) is 3.53. The van der Waals surface area contributed by atoms with Gasteiger partial charge in [-0.3, -0.25) is 0 Å². The second-order valence-electron chi connectivity index (χ2n) is 5.58. The molecule has 0 atom stereocenters. The third-order valence-corrected chi connectivity index (χ3v) is 4.07. The SMILES string of the molecule is COc1cc2c(cc1O)/C(=N\OCc1ccc3nonc3c1)CC2. The molecule has 0 fully saturated rings. The van der Waals surface area contributed by atoms with Crippen molar-refractivity contribution in [2.45, 2.75) is 19.4 Å². The van der Waals surface area contributed by atoms with Crippen molar-refractivity contribution in [1.82, 2.24) is 10.3 Å². The number of hydrogen-bond acceptors (Lipinski definition) is 7. The molecule has 0 amide bonds. The van der Waals surface area contributed by atoms with Crippen LogP contribution in [-0.4, -0.2) is 28.2 Å². The van der Waals surface area contributed by atoms with E-state index in [1.54, 1.807) is 6.07 Å². The van der Waals surface area contributed by atoms with Gasteiger partial charge in [0, 0.05) is 5.56 Å². The van der Waals surface area contributed by atoms with Gasteiger partial charge < -0.3 is 14.7 Å². The Hall–Kier alpha value is -3.09. The van der Waals surface area contributed by atoms with E-state index in [9.17, 15) is 5.11 Å². The predicted octanol–water partition coefficient (Wildman–Crippen LogP) is 2.80. The van der Waals surface area contributed by atoms with Crippen molar-refractivity contribution < 1.29 is 19.3 Å². The Morgan fingerprint density at radius 2 is 2.04 bits per heavy atom. The molecule has 122 valence electrons. The van der Waals surface area contributed by atoms with E-state index in [-0.39, 0.29) is 5.75 Å². The first-order chi connectivity index (χ1) is 11.7. The molecule has 4 rings (SSSR count). The molecule has 0 radical (unpaired) electrons. The lowest BCUT2D eigenvalue weighted by molar-refractivity contribution is 0.130. The summed E-state index contributed by atoms with van der Waals surface area (Å²) >= 11 is 0. The highest BCUT2D eigenvalue weighted by molar-refractivity contribution is 6.04. The fraction of sp³-hybridized carbons (Fsp3) is 0.235. The first kappa shape index (κ1) is 14.5. The van der Waals surface area contributed by atoms with Gasteiger partial charge in [0.2, 0.25) is 0 Å². The van der Waals surface area contributed by atoms with Crippen LogP contribution in [0, 0.1) is 0 Å². The van der Waals surface area contributed by atoms with Crippen molar-refractivity contribution in [2.24, 2.45) is 5.16 Å². The molecular formula is C17H15N3O4. The van der Waals surface area contributed by atoms with Crippen molar-refractivity contribution in [2.75, 3.05) is 7.11 Å². The number of phenols is 1. The predicted molar refractivity (Wildman–Crippen MR) is 86.1 cm³/mol. The van der Waals surface area contributed by atoms with E-state index in [4.69, 9.17) is 9.57 Å². The van der Waals surface area contributed by atoms with Crippen LogP contribution in [0.15, 0.2) is 40.1 Å². The van der Waals surface area contributed by atoms with Crippen LogP contribution in [0.4, 0.5) is 0 Å². The highest BCUT2D eigenvalue weighted by Crippen LogP contribution is 2.34. The third kappa shape index (κ3) is 2.54. The van der Waals surface area contributed by atoms with Gasteiger partial charge in [-0.1, -0.05) is 11.2 Å². The summed E-state index contributed by atoms with van der Waals surface area (Å²) in [6.07, 6.45) is 1.62. The molecule has 0 unspecified atom stereocenters. The molecule has 1 N–H and O–H groups in total. The fourth-order valence-corrected chi connectivity index (χ4v) is 2.83. The molecular weight excluding hydrogens is 310 g/mol. The number of benzene rings is 2. The lowest BCUT2D eigenvalue weighted by Gasteiger charge is -2.07. The monoisotopic (exact) mass is 325 g/mol. The van der Waals surface area contributed by atoms with E-state index in [0.29, 0.717) is 23.4 Å². The smallest absolute Gasteiger partial charge is 0.160 e. The van der Waals surface area contributed by atoms with Gasteiger partial charge in [-0.25, -0.2) is 4.63 Å². The molecule has 7 heteroatoms. The summed E-state index contributed by atoms with van der Waals surface area (Å²) in [5.74, 6) is 0.584.